The summed E-state index contributed by atoms with van der Waals surface area (Å²) in [7, 11) is 0. The van der Waals surface area contributed by atoms with E-state index in [1.165, 1.54) is 0 Å². The van der Waals surface area contributed by atoms with Gasteiger partial charge >= 0.3 is 0 Å². The SMILES string of the molecule is CC(C)(O[C@@H]1O[C@H](CO)[C@@H](O)[C@H](O)[C@H]1O)[C@@H]1CC[C@](C)([C@H]2[C@@H](O)C[C@@]3(C)[C@@H]4C[C@H](O[C@@H]5OC[C@@H](O)[C@H](O)[C@H]5O)C5C(C)(C)[C@@H](O[C@@H]6OC[C@@H](O)[C@H](O)[C@H]6O)CC[C@@]56C[C@@]46CC[C@]23C)O1. The van der Waals surface area contributed by atoms with E-state index in [9.17, 15) is 56.2 Å². The van der Waals surface area contributed by atoms with Crippen molar-refractivity contribution in [1.29, 1.82) is 0 Å². The Labute approximate surface area is 375 Å². The Hall–Kier alpha value is -0.720. The van der Waals surface area contributed by atoms with Gasteiger partial charge in [0.2, 0.25) is 0 Å². The van der Waals surface area contributed by atoms with Gasteiger partial charge < -0.3 is 89.3 Å². The fourth-order valence-electron chi connectivity index (χ4n) is 16.1. The average molecular weight is 917 g/mol. The molecule has 11 N–H and O–H groups in total. The minimum absolute atomic E-state index is 0.0658. The van der Waals surface area contributed by atoms with Crippen LogP contribution in [-0.4, -0.2) is 192 Å². The van der Waals surface area contributed by atoms with Crippen LogP contribution in [0.5, 0.6) is 0 Å². The smallest absolute Gasteiger partial charge is 0.187 e. The van der Waals surface area contributed by atoms with Crippen molar-refractivity contribution in [2.45, 2.75) is 222 Å². The molecule has 64 heavy (non-hydrogen) atoms. The first kappa shape index (κ1) is 48.3. The largest absolute Gasteiger partial charge is 0.394 e. The molecule has 18 heteroatoms. The summed E-state index contributed by atoms with van der Waals surface area (Å²) in [6.07, 6.45) is -13.7. The number of hydrogen-bond donors (Lipinski definition) is 11. The van der Waals surface area contributed by atoms with Crippen LogP contribution in [0.2, 0.25) is 0 Å². The molecule has 25 atom stereocenters. The Balaban J connectivity index is 0.994. The Morgan fingerprint density at radius 1 is 0.609 bits per heavy atom. The molecule has 4 aliphatic heterocycles. The van der Waals surface area contributed by atoms with Gasteiger partial charge in [-0.3, -0.25) is 0 Å². The third-order valence-electron chi connectivity index (χ3n) is 19.5. The van der Waals surface area contributed by atoms with E-state index in [2.05, 4.69) is 34.6 Å². The van der Waals surface area contributed by atoms with E-state index in [-0.39, 0.29) is 41.8 Å². The number of aliphatic hydroxyl groups is 11. The highest BCUT2D eigenvalue weighted by Crippen LogP contribution is 2.89. The van der Waals surface area contributed by atoms with Crippen LogP contribution in [0.3, 0.4) is 0 Å². The van der Waals surface area contributed by atoms with Crippen LogP contribution in [-0.2, 0) is 33.2 Å². The molecule has 0 radical (unpaired) electrons. The lowest BCUT2D eigenvalue weighted by Gasteiger charge is -2.65. The predicted molar refractivity (Wildman–Crippen MR) is 220 cm³/mol. The zero-order valence-corrected chi connectivity index (χ0v) is 38.3. The lowest BCUT2D eigenvalue weighted by atomic mass is 9.41. The highest BCUT2D eigenvalue weighted by atomic mass is 16.7. The Morgan fingerprint density at radius 3 is 1.84 bits per heavy atom. The number of aliphatic hydroxyl groups excluding tert-OH is 11. The fourth-order valence-corrected chi connectivity index (χ4v) is 16.1. The van der Waals surface area contributed by atoms with Gasteiger partial charge in [-0.05, 0) is 117 Å². The molecule has 2 spiro atoms. The summed E-state index contributed by atoms with van der Waals surface area (Å²) in [6.45, 7) is 13.6. The van der Waals surface area contributed by atoms with Gasteiger partial charge in [0.25, 0.3) is 0 Å². The fraction of sp³-hybridized carbons (Fsp3) is 1.00. The Kier molecular flexibility index (Phi) is 12.2. The minimum atomic E-state index is -1.59. The molecule has 9 fully saturated rings. The molecule has 0 bridgehead atoms. The van der Waals surface area contributed by atoms with Gasteiger partial charge in [-0.25, -0.2) is 0 Å². The highest BCUT2D eigenvalue weighted by Gasteiger charge is 2.85. The molecule has 9 rings (SSSR count). The first-order valence-electron chi connectivity index (χ1n) is 23.8. The van der Waals surface area contributed by atoms with E-state index in [4.69, 9.17) is 33.2 Å². The van der Waals surface area contributed by atoms with Crippen molar-refractivity contribution in [3.8, 4) is 0 Å². The number of ether oxygens (including phenoxy) is 7. The summed E-state index contributed by atoms with van der Waals surface area (Å²) in [5.74, 6) is -0.363. The van der Waals surface area contributed by atoms with Gasteiger partial charge in [-0.1, -0.05) is 27.7 Å². The molecule has 1 unspecified atom stereocenters. The number of fused-ring (bicyclic) bond motifs is 2. The van der Waals surface area contributed by atoms with Crippen molar-refractivity contribution in [1.82, 2.24) is 0 Å². The number of rotatable bonds is 9. The van der Waals surface area contributed by atoms with Crippen molar-refractivity contribution in [3.05, 3.63) is 0 Å². The van der Waals surface area contributed by atoms with Crippen LogP contribution in [0.25, 0.3) is 0 Å². The van der Waals surface area contributed by atoms with E-state index in [1.54, 1.807) is 0 Å². The standard InChI is InChI=1S/C46H76O18/c1-40(2)26(62-38-33(56)29(52)22(50)18-59-38)9-11-46-19-45(46)13-12-42(5)35(44(7)10-8-27(63-44)41(3,4)64-39-34(57)31(54)30(53)24(16-47)61-39)20(48)15-43(42,6)25(45)14-23(36(40)46)60-37-32(55)28(51)21(49)17-58-37/h20-39,47-57H,8-19H2,1-7H3/t20-,21+,22+,23-,24+,25-,26-,27-,28-,29-,30+,31-,32+,33+,34+,35-,36?,37-,38-,39-,42+,43-,44+,45-,46+/m0/s1. The molecule has 0 aromatic rings. The lowest BCUT2D eigenvalue weighted by molar-refractivity contribution is -0.335. The maximum atomic E-state index is 12.5. The van der Waals surface area contributed by atoms with Gasteiger partial charge in [-0.15, -0.1) is 0 Å². The van der Waals surface area contributed by atoms with Crippen molar-refractivity contribution < 1.29 is 89.3 Å². The maximum absolute atomic E-state index is 12.5. The summed E-state index contributed by atoms with van der Waals surface area (Å²) in [4.78, 5) is 0. The van der Waals surface area contributed by atoms with Crippen LogP contribution < -0.4 is 0 Å². The summed E-state index contributed by atoms with van der Waals surface area (Å²) >= 11 is 0. The topological polar surface area (TPSA) is 287 Å². The van der Waals surface area contributed by atoms with Gasteiger partial charge in [-0.2, -0.15) is 0 Å². The molecule has 5 saturated carbocycles. The average Bonchev–Trinajstić information content (AvgIpc) is 3.60. The maximum Gasteiger partial charge on any atom is 0.187 e. The Bertz CT molecular complexity index is 1720. The predicted octanol–water partition coefficient (Wildman–Crippen LogP) is -0.813. The monoisotopic (exact) mass is 917 g/mol. The normalized spacial score (nSPS) is 58.2. The van der Waals surface area contributed by atoms with Crippen molar-refractivity contribution in [2.24, 2.45) is 44.8 Å². The third-order valence-corrected chi connectivity index (χ3v) is 19.5. The second kappa shape index (κ2) is 16.2. The quantitative estimate of drug-likeness (QED) is 0.126. The van der Waals surface area contributed by atoms with Gasteiger partial charge in [0.05, 0.1) is 55.4 Å². The third kappa shape index (κ3) is 6.93. The summed E-state index contributed by atoms with van der Waals surface area (Å²) in [5, 5.41) is 118. The molecular formula is C46H76O18. The van der Waals surface area contributed by atoms with Crippen LogP contribution in [0, 0.1) is 44.8 Å². The molecule has 4 saturated heterocycles. The van der Waals surface area contributed by atoms with E-state index in [0.717, 1.165) is 25.7 Å². The first-order chi connectivity index (χ1) is 29.8. The Morgan fingerprint density at radius 2 is 1.22 bits per heavy atom. The zero-order valence-electron chi connectivity index (χ0n) is 38.3. The van der Waals surface area contributed by atoms with Gasteiger partial charge in [0.1, 0.15) is 61.0 Å². The lowest BCUT2D eigenvalue weighted by Crippen LogP contribution is -2.64. The van der Waals surface area contributed by atoms with E-state index >= 15 is 0 Å². The van der Waals surface area contributed by atoms with Crippen LogP contribution in [0.1, 0.15) is 106 Å². The molecule has 0 aromatic carbocycles. The minimum Gasteiger partial charge on any atom is -0.394 e. The molecule has 4 heterocycles. The van der Waals surface area contributed by atoms with Crippen LogP contribution in [0.4, 0.5) is 0 Å². The first-order valence-corrected chi connectivity index (χ1v) is 23.8. The van der Waals surface area contributed by atoms with E-state index < -0.39 is 138 Å². The molecular weight excluding hydrogens is 840 g/mol. The van der Waals surface area contributed by atoms with Crippen molar-refractivity contribution in [3.63, 3.8) is 0 Å². The van der Waals surface area contributed by atoms with E-state index in [0.29, 0.717) is 32.1 Å². The zero-order chi connectivity index (χ0) is 46.5. The molecule has 0 amide bonds. The van der Waals surface area contributed by atoms with Gasteiger partial charge in [0.15, 0.2) is 18.9 Å². The van der Waals surface area contributed by atoms with Crippen molar-refractivity contribution in [2.75, 3.05) is 19.8 Å². The summed E-state index contributed by atoms with van der Waals surface area (Å²) in [5.41, 5.74) is -3.58. The summed E-state index contributed by atoms with van der Waals surface area (Å²) in [6, 6.07) is 0. The van der Waals surface area contributed by atoms with Crippen molar-refractivity contribution >= 4 is 0 Å². The van der Waals surface area contributed by atoms with Crippen LogP contribution >= 0.6 is 0 Å². The van der Waals surface area contributed by atoms with Crippen LogP contribution in [0.15, 0.2) is 0 Å². The molecule has 0 aromatic heterocycles. The molecule has 9 aliphatic rings. The molecule has 5 aliphatic carbocycles. The van der Waals surface area contributed by atoms with Gasteiger partial charge in [0, 0.05) is 5.92 Å². The highest BCUT2D eigenvalue weighted by molar-refractivity contribution is 5.33. The second-order valence-corrected chi connectivity index (χ2v) is 23.4. The summed E-state index contributed by atoms with van der Waals surface area (Å²) < 4.78 is 44.2. The second-order valence-electron chi connectivity index (χ2n) is 23.4. The molecule has 368 valence electrons. The number of hydrogen-bond acceptors (Lipinski definition) is 18. The van der Waals surface area contributed by atoms with E-state index in [1.807, 2.05) is 13.8 Å². The molecule has 18 nitrogen and oxygen atoms in total.